The van der Waals surface area contributed by atoms with Crippen molar-refractivity contribution in [2.24, 2.45) is 5.92 Å². The normalized spacial score (nSPS) is 18.4. The number of nitrogens with one attached hydrogen (secondary N) is 1. The molecule has 4 nitrogen and oxygen atoms in total. The van der Waals surface area contributed by atoms with E-state index < -0.39 is 0 Å². The molecule has 1 aliphatic carbocycles. The highest BCUT2D eigenvalue weighted by Gasteiger charge is 2.21. The van der Waals surface area contributed by atoms with Gasteiger partial charge >= 0.3 is 0 Å². The van der Waals surface area contributed by atoms with Crippen molar-refractivity contribution in [1.29, 1.82) is 0 Å². The molecule has 2 aromatic carbocycles. The summed E-state index contributed by atoms with van der Waals surface area (Å²) in [6.07, 6.45) is 4.79. The quantitative estimate of drug-likeness (QED) is 0.501. The first-order valence-corrected chi connectivity index (χ1v) is 11.6. The first-order valence-electron chi connectivity index (χ1n) is 10.1. The number of hydrogen-bond donors (Lipinski definition) is 2. The van der Waals surface area contributed by atoms with Crippen molar-refractivity contribution >= 4 is 34.9 Å². The Morgan fingerprint density at radius 2 is 1.79 bits per heavy atom. The minimum Gasteiger partial charge on any atom is -0.396 e. The second-order valence-corrected chi connectivity index (χ2v) is 9.06. The minimum atomic E-state index is 0.640. The van der Waals surface area contributed by atoms with Gasteiger partial charge in [0.2, 0.25) is 0 Å². The molecular weight excluding hydrogens is 388 g/mol. The van der Waals surface area contributed by atoms with E-state index >= 15 is 0 Å². The van der Waals surface area contributed by atoms with E-state index in [-0.39, 0.29) is 0 Å². The fourth-order valence-corrected chi connectivity index (χ4v) is 4.47. The number of piperazine rings is 1. The molecule has 1 heterocycles. The molecule has 3 N–H and O–H groups in total. The van der Waals surface area contributed by atoms with Crippen LogP contribution in [-0.4, -0.2) is 48.2 Å². The van der Waals surface area contributed by atoms with Gasteiger partial charge in [-0.25, -0.2) is 4.31 Å². The molecule has 2 aromatic rings. The summed E-state index contributed by atoms with van der Waals surface area (Å²) in [4.78, 5) is 2.52. The molecule has 0 atom stereocenters. The average molecular weight is 417 g/mol. The van der Waals surface area contributed by atoms with Crippen LogP contribution >= 0.6 is 23.5 Å². The third-order valence-corrected chi connectivity index (χ3v) is 7.01. The standard InChI is InChI=1S/C22H29ClN4S/c1-28-27-12-10-26(11-13-27)15-17-4-6-18(7-5-17)19-8-9-20(22(24)21(19)23)25-14-16-2-3-16/h4-9,16,25H,2-3,10-15,24H2,1H3. The number of rotatable bonds is 7. The zero-order valence-corrected chi connectivity index (χ0v) is 18.0. The molecule has 0 radical (unpaired) electrons. The van der Waals surface area contributed by atoms with Crippen molar-refractivity contribution in [3.05, 3.63) is 47.0 Å². The Kier molecular flexibility index (Phi) is 6.36. The number of anilines is 2. The lowest BCUT2D eigenvalue weighted by atomic mass is 10.0. The van der Waals surface area contributed by atoms with Gasteiger partial charge in [0.15, 0.2) is 0 Å². The molecule has 2 fully saturated rings. The fraction of sp³-hybridized carbons (Fsp3) is 0.455. The van der Waals surface area contributed by atoms with Crippen LogP contribution in [0, 0.1) is 5.92 Å². The predicted molar refractivity (Wildman–Crippen MR) is 123 cm³/mol. The van der Waals surface area contributed by atoms with E-state index in [2.05, 4.69) is 57.2 Å². The van der Waals surface area contributed by atoms with Crippen LogP contribution in [0.15, 0.2) is 36.4 Å². The Morgan fingerprint density at radius 3 is 2.43 bits per heavy atom. The van der Waals surface area contributed by atoms with Crippen LogP contribution in [0.4, 0.5) is 11.4 Å². The van der Waals surface area contributed by atoms with E-state index in [0.717, 1.165) is 62.0 Å². The molecule has 0 bridgehead atoms. The average Bonchev–Trinajstić information content (AvgIpc) is 3.55. The summed E-state index contributed by atoms with van der Waals surface area (Å²) in [5.41, 5.74) is 11.3. The van der Waals surface area contributed by atoms with Crippen molar-refractivity contribution in [2.75, 3.05) is 50.0 Å². The van der Waals surface area contributed by atoms with E-state index in [1.54, 1.807) is 0 Å². The molecule has 1 saturated heterocycles. The summed E-state index contributed by atoms with van der Waals surface area (Å²) in [5, 5.41) is 4.08. The van der Waals surface area contributed by atoms with Crippen LogP contribution < -0.4 is 11.1 Å². The molecule has 150 valence electrons. The first kappa shape index (κ1) is 19.9. The van der Waals surface area contributed by atoms with Crippen molar-refractivity contribution in [1.82, 2.24) is 9.21 Å². The van der Waals surface area contributed by atoms with Crippen molar-refractivity contribution in [3.63, 3.8) is 0 Å². The summed E-state index contributed by atoms with van der Waals surface area (Å²) in [6, 6.07) is 12.9. The number of nitrogens with zero attached hydrogens (tertiary/aromatic N) is 2. The maximum atomic E-state index is 6.61. The zero-order valence-electron chi connectivity index (χ0n) is 16.5. The second-order valence-electron chi connectivity index (χ2n) is 7.80. The third kappa shape index (κ3) is 4.77. The highest BCUT2D eigenvalue weighted by molar-refractivity contribution is 7.96. The van der Waals surface area contributed by atoms with Gasteiger partial charge in [-0.3, -0.25) is 4.90 Å². The molecule has 1 saturated carbocycles. The summed E-state index contributed by atoms with van der Waals surface area (Å²) in [6.45, 7) is 6.51. The molecule has 0 spiro atoms. The summed E-state index contributed by atoms with van der Waals surface area (Å²) < 4.78 is 2.43. The topological polar surface area (TPSA) is 44.5 Å². The molecule has 0 aromatic heterocycles. The van der Waals surface area contributed by atoms with E-state index in [9.17, 15) is 0 Å². The smallest absolute Gasteiger partial charge is 0.0745 e. The maximum absolute atomic E-state index is 6.61. The number of benzene rings is 2. The molecule has 0 unspecified atom stereocenters. The Balaban J connectivity index is 1.41. The second kappa shape index (κ2) is 8.95. The fourth-order valence-electron chi connectivity index (χ4n) is 3.66. The van der Waals surface area contributed by atoms with Gasteiger partial charge in [0.05, 0.1) is 16.4 Å². The monoisotopic (exact) mass is 416 g/mol. The Morgan fingerprint density at radius 1 is 1.07 bits per heavy atom. The van der Waals surface area contributed by atoms with E-state index in [1.165, 1.54) is 18.4 Å². The Bertz CT molecular complexity index is 799. The Hall–Kier alpha value is -1.40. The van der Waals surface area contributed by atoms with Crippen LogP contribution in [-0.2, 0) is 6.54 Å². The first-order chi connectivity index (χ1) is 13.6. The van der Waals surface area contributed by atoms with Gasteiger partial charge in [0.1, 0.15) is 0 Å². The zero-order chi connectivity index (χ0) is 19.5. The lowest BCUT2D eigenvalue weighted by molar-refractivity contribution is 0.189. The third-order valence-electron chi connectivity index (χ3n) is 5.72. The largest absolute Gasteiger partial charge is 0.396 e. The highest BCUT2D eigenvalue weighted by atomic mass is 35.5. The number of halogens is 1. The number of nitrogen functional groups attached to an aromatic ring is 1. The predicted octanol–water partition coefficient (Wildman–Crippen LogP) is 4.81. The van der Waals surface area contributed by atoms with E-state index in [4.69, 9.17) is 17.3 Å². The molecule has 6 heteroatoms. The lowest BCUT2D eigenvalue weighted by Crippen LogP contribution is -2.42. The lowest BCUT2D eigenvalue weighted by Gasteiger charge is -2.33. The highest BCUT2D eigenvalue weighted by Crippen LogP contribution is 2.38. The SMILES string of the molecule is CSN1CCN(Cc2ccc(-c3ccc(NCC4CC4)c(N)c3Cl)cc2)CC1. The number of hydrogen-bond acceptors (Lipinski definition) is 5. The maximum Gasteiger partial charge on any atom is 0.0745 e. The van der Waals surface area contributed by atoms with Gasteiger partial charge < -0.3 is 11.1 Å². The minimum absolute atomic E-state index is 0.640. The van der Waals surface area contributed by atoms with Gasteiger partial charge in [-0.1, -0.05) is 53.9 Å². The van der Waals surface area contributed by atoms with Crippen LogP contribution in [0.5, 0.6) is 0 Å². The molecule has 1 aliphatic heterocycles. The molecule has 2 aliphatic rings. The summed E-state index contributed by atoms with van der Waals surface area (Å²) >= 11 is 8.45. The van der Waals surface area contributed by atoms with Crippen LogP contribution in [0.2, 0.25) is 5.02 Å². The van der Waals surface area contributed by atoms with Gasteiger partial charge in [-0.15, -0.1) is 0 Å². The Labute approximate surface area is 177 Å². The van der Waals surface area contributed by atoms with Gasteiger partial charge in [0.25, 0.3) is 0 Å². The van der Waals surface area contributed by atoms with Gasteiger partial charge in [0, 0.05) is 44.8 Å². The molecule has 28 heavy (non-hydrogen) atoms. The van der Waals surface area contributed by atoms with Crippen molar-refractivity contribution < 1.29 is 0 Å². The molecule has 4 rings (SSSR count). The summed E-state index contributed by atoms with van der Waals surface area (Å²) in [5.74, 6) is 0.800. The molecule has 0 amide bonds. The van der Waals surface area contributed by atoms with Crippen molar-refractivity contribution in [3.8, 4) is 11.1 Å². The van der Waals surface area contributed by atoms with Gasteiger partial charge in [-0.05, 0) is 42.2 Å². The summed E-state index contributed by atoms with van der Waals surface area (Å²) in [7, 11) is 0. The van der Waals surface area contributed by atoms with Crippen molar-refractivity contribution in [2.45, 2.75) is 19.4 Å². The van der Waals surface area contributed by atoms with Crippen LogP contribution in [0.1, 0.15) is 18.4 Å². The van der Waals surface area contributed by atoms with Crippen LogP contribution in [0.25, 0.3) is 11.1 Å². The molecular formula is C22H29ClN4S. The number of nitrogens with two attached hydrogens (primary N) is 1. The van der Waals surface area contributed by atoms with Gasteiger partial charge in [-0.2, -0.15) is 0 Å². The van der Waals surface area contributed by atoms with E-state index in [0.29, 0.717) is 10.7 Å². The van der Waals surface area contributed by atoms with E-state index in [1.807, 2.05) is 11.9 Å². The van der Waals surface area contributed by atoms with Crippen LogP contribution in [0.3, 0.4) is 0 Å².